The first-order valence-electron chi connectivity index (χ1n) is 7.00. The van der Waals surface area contributed by atoms with Crippen molar-refractivity contribution in [3.63, 3.8) is 0 Å². The van der Waals surface area contributed by atoms with Gasteiger partial charge in [0.15, 0.2) is 0 Å². The molecule has 1 aliphatic heterocycles. The Kier molecular flexibility index (Phi) is 4.43. The van der Waals surface area contributed by atoms with Gasteiger partial charge >= 0.3 is 0 Å². The minimum atomic E-state index is -0.000233. The largest absolute Gasteiger partial charge is 0.398 e. The van der Waals surface area contributed by atoms with Crippen LogP contribution in [-0.4, -0.2) is 36.5 Å². The first-order chi connectivity index (χ1) is 9.11. The highest BCUT2D eigenvalue weighted by atomic mass is 16.1. The van der Waals surface area contributed by atoms with Gasteiger partial charge in [-0.25, -0.2) is 0 Å². The number of hydrogen-bond donors (Lipinski definition) is 2. The van der Waals surface area contributed by atoms with Gasteiger partial charge in [0.2, 0.25) is 0 Å². The molecule has 19 heavy (non-hydrogen) atoms. The normalized spacial score (nSPS) is 17.4. The van der Waals surface area contributed by atoms with Gasteiger partial charge in [0, 0.05) is 30.4 Å². The number of rotatable bonds is 3. The number of benzene rings is 1. The molecule has 4 heteroatoms. The summed E-state index contributed by atoms with van der Waals surface area (Å²) in [5.74, 6) is -0.000233. The van der Waals surface area contributed by atoms with E-state index in [0.717, 1.165) is 38.0 Å². The van der Waals surface area contributed by atoms with Crippen molar-refractivity contribution in [1.29, 1.82) is 0 Å². The fraction of sp³-hybridized carbons (Fsp3) is 0.533. The first-order valence-corrected chi connectivity index (χ1v) is 7.00. The number of nitrogens with two attached hydrogens (primary N) is 1. The molecule has 1 fully saturated rings. The van der Waals surface area contributed by atoms with Crippen LogP contribution in [0, 0.1) is 6.92 Å². The Labute approximate surface area is 115 Å². The summed E-state index contributed by atoms with van der Waals surface area (Å²) >= 11 is 0. The van der Waals surface area contributed by atoms with E-state index in [2.05, 4.69) is 17.1 Å². The molecule has 1 saturated heterocycles. The van der Waals surface area contributed by atoms with Gasteiger partial charge < -0.3 is 16.0 Å². The molecular weight excluding hydrogens is 238 g/mol. The van der Waals surface area contributed by atoms with E-state index in [1.54, 1.807) is 0 Å². The maximum Gasteiger partial charge on any atom is 0.251 e. The Hall–Kier alpha value is -1.55. The number of carbonyl (C=O) groups is 1. The van der Waals surface area contributed by atoms with E-state index in [-0.39, 0.29) is 11.9 Å². The van der Waals surface area contributed by atoms with Crippen LogP contribution in [0.15, 0.2) is 18.2 Å². The fourth-order valence-electron chi connectivity index (χ4n) is 2.56. The Morgan fingerprint density at radius 1 is 1.42 bits per heavy atom. The van der Waals surface area contributed by atoms with Crippen molar-refractivity contribution in [3.8, 4) is 0 Å². The minimum absolute atomic E-state index is 0.000233. The third-order valence-corrected chi connectivity index (χ3v) is 3.99. The number of anilines is 1. The summed E-state index contributed by atoms with van der Waals surface area (Å²) in [6.07, 6.45) is 2.06. The molecule has 0 aromatic heterocycles. The van der Waals surface area contributed by atoms with Gasteiger partial charge in [-0.1, -0.05) is 13.0 Å². The van der Waals surface area contributed by atoms with Crippen LogP contribution >= 0.6 is 0 Å². The summed E-state index contributed by atoms with van der Waals surface area (Å²) in [6, 6.07) is 5.78. The Balaban J connectivity index is 1.96. The van der Waals surface area contributed by atoms with E-state index in [1.165, 1.54) is 0 Å². The van der Waals surface area contributed by atoms with Crippen LogP contribution in [0.1, 0.15) is 35.7 Å². The van der Waals surface area contributed by atoms with E-state index < -0.39 is 0 Å². The summed E-state index contributed by atoms with van der Waals surface area (Å²) in [4.78, 5) is 14.7. The summed E-state index contributed by atoms with van der Waals surface area (Å²) in [5, 5.41) is 3.13. The number of nitrogen functional groups attached to an aromatic ring is 1. The topological polar surface area (TPSA) is 58.4 Å². The average molecular weight is 261 g/mol. The highest BCUT2D eigenvalue weighted by Gasteiger charge is 2.20. The van der Waals surface area contributed by atoms with Crippen LogP contribution in [0.3, 0.4) is 0 Å². The van der Waals surface area contributed by atoms with Gasteiger partial charge in [-0.3, -0.25) is 4.79 Å². The average Bonchev–Trinajstić information content (AvgIpc) is 2.42. The number of carbonyl (C=O) groups excluding carboxylic acids is 1. The van der Waals surface area contributed by atoms with Crippen molar-refractivity contribution in [1.82, 2.24) is 10.2 Å². The number of piperidine rings is 1. The summed E-state index contributed by atoms with van der Waals surface area (Å²) in [6.45, 7) is 7.29. The van der Waals surface area contributed by atoms with Gasteiger partial charge in [0.1, 0.15) is 0 Å². The van der Waals surface area contributed by atoms with Gasteiger partial charge in [-0.05, 0) is 44.0 Å². The number of hydrogen-bond acceptors (Lipinski definition) is 3. The van der Waals surface area contributed by atoms with Crippen LogP contribution in [0.2, 0.25) is 0 Å². The van der Waals surface area contributed by atoms with Crippen LogP contribution in [0.5, 0.6) is 0 Å². The molecule has 1 aromatic rings. The molecule has 3 N–H and O–H groups in total. The number of likely N-dealkylation sites (tertiary alicyclic amines) is 1. The zero-order valence-corrected chi connectivity index (χ0v) is 11.8. The predicted molar refractivity (Wildman–Crippen MR) is 78.2 cm³/mol. The Morgan fingerprint density at radius 3 is 2.74 bits per heavy atom. The lowest BCUT2D eigenvalue weighted by Crippen LogP contribution is -2.44. The molecule has 104 valence electrons. The monoisotopic (exact) mass is 261 g/mol. The van der Waals surface area contributed by atoms with Gasteiger partial charge in [0.25, 0.3) is 5.91 Å². The van der Waals surface area contributed by atoms with E-state index in [4.69, 9.17) is 5.73 Å². The summed E-state index contributed by atoms with van der Waals surface area (Å²) < 4.78 is 0. The van der Waals surface area contributed by atoms with Crippen molar-refractivity contribution in [2.75, 3.05) is 25.4 Å². The first kappa shape index (κ1) is 13.9. The SMILES string of the molecule is CCN1CCC(NC(=O)c2cccc(N)c2C)CC1. The molecule has 0 spiro atoms. The van der Waals surface area contributed by atoms with Crippen LogP contribution in [0.4, 0.5) is 5.69 Å². The number of nitrogens with one attached hydrogen (secondary N) is 1. The maximum atomic E-state index is 12.3. The molecule has 0 radical (unpaired) electrons. The highest BCUT2D eigenvalue weighted by molar-refractivity contribution is 5.97. The molecule has 4 nitrogen and oxygen atoms in total. The summed E-state index contributed by atoms with van der Waals surface area (Å²) in [5.41, 5.74) is 8.07. The lowest BCUT2D eigenvalue weighted by Gasteiger charge is -2.31. The number of nitrogens with zero attached hydrogens (tertiary/aromatic N) is 1. The molecule has 0 bridgehead atoms. The predicted octanol–water partition coefficient (Wildman–Crippen LogP) is 1.79. The van der Waals surface area contributed by atoms with Crippen LogP contribution < -0.4 is 11.1 Å². The van der Waals surface area contributed by atoms with E-state index >= 15 is 0 Å². The van der Waals surface area contributed by atoms with Gasteiger partial charge in [0.05, 0.1) is 0 Å². The van der Waals surface area contributed by atoms with Crippen molar-refractivity contribution in [2.24, 2.45) is 0 Å². The minimum Gasteiger partial charge on any atom is -0.398 e. The van der Waals surface area contributed by atoms with Crippen molar-refractivity contribution in [3.05, 3.63) is 29.3 Å². The van der Waals surface area contributed by atoms with Crippen LogP contribution in [0.25, 0.3) is 0 Å². The molecule has 1 amide bonds. The van der Waals surface area contributed by atoms with Crippen molar-refractivity contribution >= 4 is 11.6 Å². The maximum absolute atomic E-state index is 12.3. The Bertz CT molecular complexity index is 451. The second-order valence-electron chi connectivity index (χ2n) is 5.20. The van der Waals surface area contributed by atoms with E-state index in [1.807, 2.05) is 25.1 Å². The third-order valence-electron chi connectivity index (χ3n) is 3.99. The molecular formula is C15H23N3O. The fourth-order valence-corrected chi connectivity index (χ4v) is 2.56. The zero-order valence-electron chi connectivity index (χ0n) is 11.8. The lowest BCUT2D eigenvalue weighted by molar-refractivity contribution is 0.0912. The van der Waals surface area contributed by atoms with Gasteiger partial charge in [-0.15, -0.1) is 0 Å². The molecule has 0 unspecified atom stereocenters. The third kappa shape index (κ3) is 3.26. The molecule has 1 heterocycles. The Morgan fingerprint density at radius 2 is 2.11 bits per heavy atom. The molecule has 0 saturated carbocycles. The van der Waals surface area contributed by atoms with Crippen LogP contribution in [-0.2, 0) is 0 Å². The molecule has 0 aliphatic carbocycles. The van der Waals surface area contributed by atoms with E-state index in [9.17, 15) is 4.79 Å². The smallest absolute Gasteiger partial charge is 0.251 e. The quantitative estimate of drug-likeness (QED) is 0.816. The van der Waals surface area contributed by atoms with Crippen molar-refractivity contribution in [2.45, 2.75) is 32.7 Å². The molecule has 1 aliphatic rings. The standard InChI is InChI=1S/C15H23N3O/c1-3-18-9-7-12(8-10-18)17-15(19)13-5-4-6-14(16)11(13)2/h4-6,12H,3,7-10,16H2,1-2H3,(H,17,19). The summed E-state index contributed by atoms with van der Waals surface area (Å²) in [7, 11) is 0. The lowest BCUT2D eigenvalue weighted by atomic mass is 10.0. The van der Waals surface area contributed by atoms with Crippen molar-refractivity contribution < 1.29 is 4.79 Å². The molecule has 0 atom stereocenters. The van der Waals surface area contributed by atoms with E-state index in [0.29, 0.717) is 11.3 Å². The second kappa shape index (κ2) is 6.06. The highest BCUT2D eigenvalue weighted by Crippen LogP contribution is 2.16. The zero-order chi connectivity index (χ0) is 13.8. The molecule has 2 rings (SSSR count). The van der Waals surface area contributed by atoms with Gasteiger partial charge in [-0.2, -0.15) is 0 Å². The molecule has 1 aromatic carbocycles. The second-order valence-corrected chi connectivity index (χ2v) is 5.20. The number of amides is 1.